The molecule has 2 aromatic carbocycles. The molecule has 1 amide bonds. The Balaban J connectivity index is 1.74. The van der Waals surface area contributed by atoms with Crippen LogP contribution >= 0.6 is 0 Å². The number of nitrogens with one attached hydrogen (secondary N) is 1. The second-order valence-corrected chi connectivity index (χ2v) is 9.49. The molecule has 1 aromatic heterocycles. The van der Waals surface area contributed by atoms with Crippen LogP contribution in [0.3, 0.4) is 0 Å². The van der Waals surface area contributed by atoms with E-state index in [-0.39, 0.29) is 23.9 Å². The lowest BCUT2D eigenvalue weighted by Crippen LogP contribution is -2.47. The third-order valence-electron chi connectivity index (χ3n) is 6.94. The predicted octanol–water partition coefficient (Wildman–Crippen LogP) is 6.23. The minimum absolute atomic E-state index is 0.0469. The number of rotatable bonds is 9. The van der Waals surface area contributed by atoms with E-state index < -0.39 is 0 Å². The van der Waals surface area contributed by atoms with E-state index in [1.807, 2.05) is 37.4 Å². The Morgan fingerprint density at radius 2 is 1.83 bits per heavy atom. The molecule has 1 aliphatic rings. The van der Waals surface area contributed by atoms with E-state index in [2.05, 4.69) is 66.6 Å². The van der Waals surface area contributed by atoms with E-state index >= 15 is 0 Å². The lowest BCUT2D eigenvalue weighted by molar-refractivity contribution is -0.124. The van der Waals surface area contributed by atoms with Gasteiger partial charge in [0.2, 0.25) is 5.91 Å². The summed E-state index contributed by atoms with van der Waals surface area (Å²) in [5.74, 6) is -0.343. The van der Waals surface area contributed by atoms with Crippen LogP contribution in [0.4, 0.5) is 0 Å². The lowest BCUT2D eigenvalue weighted by Gasteiger charge is -2.33. The van der Waals surface area contributed by atoms with E-state index in [0.717, 1.165) is 59.3 Å². The number of carbonyl (C=O) groups is 1. The second kappa shape index (κ2) is 11.8. The van der Waals surface area contributed by atoms with Crippen molar-refractivity contribution in [3.8, 4) is 17.2 Å². The SMILES string of the molecule is CCCCC1=NC(C)NC(=O)C1[C@@H](Cc1ccc(CC)nc1)c1ccc(-c2ccccc2C#N)cc1. The predicted molar refractivity (Wildman–Crippen MR) is 145 cm³/mol. The summed E-state index contributed by atoms with van der Waals surface area (Å²) in [4.78, 5) is 22.9. The number of hydrogen-bond donors (Lipinski definition) is 1. The van der Waals surface area contributed by atoms with Crippen LogP contribution in [0.5, 0.6) is 0 Å². The topological polar surface area (TPSA) is 78.1 Å². The highest BCUT2D eigenvalue weighted by Gasteiger charge is 2.37. The Hall–Kier alpha value is -3.78. The van der Waals surface area contributed by atoms with Crippen LogP contribution in [0.2, 0.25) is 0 Å². The molecule has 0 bridgehead atoms. The molecule has 0 radical (unpaired) electrons. The number of aliphatic imine (C=N–C) groups is 1. The van der Waals surface area contributed by atoms with Crippen LogP contribution < -0.4 is 5.32 Å². The highest BCUT2D eigenvalue weighted by molar-refractivity contribution is 6.06. The number of nitriles is 1. The maximum atomic E-state index is 13.4. The molecule has 0 spiro atoms. The summed E-state index contributed by atoms with van der Waals surface area (Å²) in [5, 5.41) is 12.6. The molecule has 2 unspecified atom stereocenters. The average Bonchev–Trinajstić information content (AvgIpc) is 2.91. The number of hydrogen-bond acceptors (Lipinski definition) is 4. The van der Waals surface area contributed by atoms with Gasteiger partial charge in [-0.2, -0.15) is 5.26 Å². The number of nitrogens with zero attached hydrogens (tertiary/aromatic N) is 3. The quantitative estimate of drug-likeness (QED) is 0.396. The minimum Gasteiger partial charge on any atom is -0.334 e. The van der Waals surface area contributed by atoms with Gasteiger partial charge < -0.3 is 5.32 Å². The van der Waals surface area contributed by atoms with Crippen molar-refractivity contribution in [3.05, 3.63) is 89.2 Å². The summed E-state index contributed by atoms with van der Waals surface area (Å²) < 4.78 is 0. The largest absolute Gasteiger partial charge is 0.334 e. The van der Waals surface area contributed by atoms with Gasteiger partial charge in [0, 0.05) is 23.5 Å². The highest BCUT2D eigenvalue weighted by atomic mass is 16.2. The van der Waals surface area contributed by atoms with Gasteiger partial charge in [0.25, 0.3) is 0 Å². The molecular formula is C31H34N4O. The van der Waals surface area contributed by atoms with Crippen molar-refractivity contribution in [2.75, 3.05) is 0 Å². The van der Waals surface area contributed by atoms with Crippen molar-refractivity contribution >= 4 is 11.6 Å². The molecule has 3 aromatic rings. The summed E-state index contributed by atoms with van der Waals surface area (Å²) >= 11 is 0. The average molecular weight is 479 g/mol. The Morgan fingerprint density at radius 3 is 2.50 bits per heavy atom. The smallest absolute Gasteiger partial charge is 0.231 e. The minimum atomic E-state index is -0.323. The molecule has 1 aliphatic heterocycles. The van der Waals surface area contributed by atoms with Crippen LogP contribution in [0.1, 0.15) is 68.3 Å². The molecule has 0 saturated carbocycles. The molecule has 4 rings (SSSR count). The second-order valence-electron chi connectivity index (χ2n) is 9.49. The lowest BCUT2D eigenvalue weighted by atomic mass is 9.76. The molecule has 5 heteroatoms. The van der Waals surface area contributed by atoms with Crippen LogP contribution in [-0.2, 0) is 17.6 Å². The molecular weight excluding hydrogens is 444 g/mol. The molecule has 2 heterocycles. The molecule has 1 N–H and O–H groups in total. The number of aryl methyl sites for hydroxylation is 1. The molecule has 36 heavy (non-hydrogen) atoms. The fraction of sp³-hybridized carbons (Fsp3) is 0.355. The summed E-state index contributed by atoms with van der Waals surface area (Å²) in [6, 6.07) is 22.4. The Morgan fingerprint density at radius 1 is 1.06 bits per heavy atom. The number of benzene rings is 2. The Kier molecular flexibility index (Phi) is 8.28. The zero-order valence-electron chi connectivity index (χ0n) is 21.4. The summed E-state index contributed by atoms with van der Waals surface area (Å²) in [6.07, 6.45) is 6.23. The van der Waals surface area contributed by atoms with Gasteiger partial charge >= 0.3 is 0 Å². The normalized spacial score (nSPS) is 18.2. The van der Waals surface area contributed by atoms with Crippen LogP contribution in [-0.4, -0.2) is 22.8 Å². The van der Waals surface area contributed by atoms with Gasteiger partial charge in [-0.25, -0.2) is 0 Å². The van der Waals surface area contributed by atoms with Crippen molar-refractivity contribution < 1.29 is 4.79 Å². The van der Waals surface area contributed by atoms with Gasteiger partial charge in [-0.3, -0.25) is 14.8 Å². The monoisotopic (exact) mass is 478 g/mol. The first-order valence-electron chi connectivity index (χ1n) is 12.9. The van der Waals surface area contributed by atoms with Crippen LogP contribution in [0.15, 0.2) is 71.9 Å². The van der Waals surface area contributed by atoms with Gasteiger partial charge in [-0.05, 0) is 67.0 Å². The van der Waals surface area contributed by atoms with Crippen molar-refractivity contribution in [2.45, 2.75) is 65.0 Å². The highest BCUT2D eigenvalue weighted by Crippen LogP contribution is 2.35. The van der Waals surface area contributed by atoms with Gasteiger partial charge in [0.1, 0.15) is 6.17 Å². The van der Waals surface area contributed by atoms with Crippen molar-refractivity contribution in [1.82, 2.24) is 10.3 Å². The first kappa shape index (κ1) is 25.3. The summed E-state index contributed by atoms with van der Waals surface area (Å²) in [6.45, 7) is 6.20. The van der Waals surface area contributed by atoms with Crippen LogP contribution in [0, 0.1) is 17.2 Å². The van der Waals surface area contributed by atoms with Crippen molar-refractivity contribution in [3.63, 3.8) is 0 Å². The first-order valence-corrected chi connectivity index (χ1v) is 12.9. The number of carbonyl (C=O) groups excluding carboxylic acids is 1. The van der Waals surface area contributed by atoms with Crippen molar-refractivity contribution in [1.29, 1.82) is 5.26 Å². The molecule has 0 aliphatic carbocycles. The van der Waals surface area contributed by atoms with Gasteiger partial charge in [-0.1, -0.05) is 68.8 Å². The molecule has 0 fully saturated rings. The van der Waals surface area contributed by atoms with Gasteiger partial charge in [0.05, 0.1) is 17.6 Å². The van der Waals surface area contributed by atoms with Gasteiger partial charge in [0.15, 0.2) is 0 Å². The zero-order valence-corrected chi connectivity index (χ0v) is 21.4. The molecule has 3 atom stereocenters. The zero-order chi connectivity index (χ0) is 25.5. The number of unbranched alkanes of at least 4 members (excludes halogenated alkanes) is 1. The van der Waals surface area contributed by atoms with E-state index in [1.54, 1.807) is 0 Å². The van der Waals surface area contributed by atoms with Crippen LogP contribution in [0.25, 0.3) is 11.1 Å². The molecule has 5 nitrogen and oxygen atoms in total. The number of amides is 1. The van der Waals surface area contributed by atoms with Gasteiger partial charge in [-0.15, -0.1) is 0 Å². The molecule has 0 saturated heterocycles. The van der Waals surface area contributed by atoms with Crippen molar-refractivity contribution in [2.24, 2.45) is 10.9 Å². The fourth-order valence-corrected chi connectivity index (χ4v) is 5.01. The number of pyridine rings is 1. The van der Waals surface area contributed by atoms with E-state index in [0.29, 0.717) is 12.0 Å². The fourth-order valence-electron chi connectivity index (χ4n) is 5.01. The Bertz CT molecular complexity index is 1250. The maximum Gasteiger partial charge on any atom is 0.231 e. The summed E-state index contributed by atoms with van der Waals surface area (Å²) in [7, 11) is 0. The standard InChI is InChI=1S/C31H34N4O/c1-4-6-11-29-30(31(36)35-21(3)34-29)28(18-22-12-17-26(5-2)33-20-22)24-15-13-23(14-16-24)27-10-8-7-9-25(27)19-32/h7-10,12-17,20-21,28,30H,4-6,11,18H2,1-3H3,(H,35,36)/t21?,28-,30?/m0/s1. The first-order chi connectivity index (χ1) is 17.5. The summed E-state index contributed by atoms with van der Waals surface area (Å²) in [5.41, 5.74) is 6.81. The third-order valence-corrected chi connectivity index (χ3v) is 6.94. The number of aromatic nitrogens is 1. The van der Waals surface area contributed by atoms with E-state index in [1.165, 1.54) is 0 Å². The maximum absolute atomic E-state index is 13.4. The Labute approximate surface area is 214 Å². The van der Waals surface area contributed by atoms with E-state index in [4.69, 9.17) is 4.99 Å². The third kappa shape index (κ3) is 5.71. The molecule has 184 valence electrons. The van der Waals surface area contributed by atoms with E-state index in [9.17, 15) is 10.1 Å².